The van der Waals surface area contributed by atoms with Crippen molar-refractivity contribution in [2.45, 2.75) is 25.8 Å². The van der Waals surface area contributed by atoms with Crippen LogP contribution in [0, 0.1) is 11.7 Å². The summed E-state index contributed by atoms with van der Waals surface area (Å²) >= 11 is 0. The van der Waals surface area contributed by atoms with E-state index in [4.69, 9.17) is 0 Å². The van der Waals surface area contributed by atoms with Gasteiger partial charge in [-0.15, -0.1) is 0 Å². The zero-order valence-electron chi connectivity index (χ0n) is 11.3. The summed E-state index contributed by atoms with van der Waals surface area (Å²) < 4.78 is 13.9. The number of likely N-dealkylation sites (tertiary alicyclic amines) is 1. The molecule has 1 aromatic carbocycles. The minimum absolute atomic E-state index is 0.0681. The van der Waals surface area contributed by atoms with E-state index >= 15 is 0 Å². The van der Waals surface area contributed by atoms with Crippen molar-refractivity contribution in [2.24, 2.45) is 5.92 Å². The predicted octanol–water partition coefficient (Wildman–Crippen LogP) is 2.82. The van der Waals surface area contributed by atoms with Gasteiger partial charge in [-0.1, -0.05) is 25.1 Å². The molecular formula is C15H23FN2. The molecule has 0 radical (unpaired) electrons. The molecule has 2 atom stereocenters. The molecule has 1 N–H and O–H groups in total. The average Bonchev–Trinajstić information content (AvgIpc) is 2.82. The topological polar surface area (TPSA) is 15.3 Å². The van der Waals surface area contributed by atoms with Crippen molar-refractivity contribution >= 4 is 0 Å². The van der Waals surface area contributed by atoms with E-state index in [0.717, 1.165) is 31.6 Å². The molecular weight excluding hydrogens is 227 g/mol. The second-order valence-electron chi connectivity index (χ2n) is 5.15. The molecule has 100 valence electrons. The molecule has 2 nitrogen and oxygen atoms in total. The minimum atomic E-state index is -0.0681. The number of hydrogen-bond donors (Lipinski definition) is 1. The van der Waals surface area contributed by atoms with Gasteiger partial charge >= 0.3 is 0 Å². The van der Waals surface area contributed by atoms with Gasteiger partial charge in [0.05, 0.1) is 0 Å². The van der Waals surface area contributed by atoms with E-state index in [1.807, 2.05) is 19.2 Å². The van der Waals surface area contributed by atoms with Crippen LogP contribution in [-0.4, -0.2) is 31.6 Å². The molecule has 0 amide bonds. The molecule has 1 fully saturated rings. The first kappa shape index (κ1) is 13.5. The van der Waals surface area contributed by atoms with Gasteiger partial charge in [-0.3, -0.25) is 4.90 Å². The smallest absolute Gasteiger partial charge is 0.127 e. The molecule has 0 spiro atoms. The van der Waals surface area contributed by atoms with Gasteiger partial charge < -0.3 is 5.32 Å². The highest BCUT2D eigenvalue weighted by molar-refractivity contribution is 5.21. The molecule has 0 saturated carbocycles. The number of nitrogens with zero attached hydrogens (tertiary/aromatic N) is 1. The highest BCUT2D eigenvalue weighted by atomic mass is 19.1. The van der Waals surface area contributed by atoms with Crippen LogP contribution in [0.4, 0.5) is 4.39 Å². The first-order valence-electron chi connectivity index (χ1n) is 6.89. The predicted molar refractivity (Wildman–Crippen MR) is 73.0 cm³/mol. The molecule has 0 bridgehead atoms. The quantitative estimate of drug-likeness (QED) is 0.864. The van der Waals surface area contributed by atoms with Crippen LogP contribution < -0.4 is 5.32 Å². The average molecular weight is 250 g/mol. The first-order valence-corrected chi connectivity index (χ1v) is 6.89. The van der Waals surface area contributed by atoms with Gasteiger partial charge in [0.25, 0.3) is 0 Å². The normalized spacial score (nSPS) is 22.3. The van der Waals surface area contributed by atoms with E-state index in [2.05, 4.69) is 17.1 Å². The van der Waals surface area contributed by atoms with E-state index < -0.39 is 0 Å². The molecule has 3 heteroatoms. The van der Waals surface area contributed by atoms with Crippen LogP contribution in [0.3, 0.4) is 0 Å². The summed E-state index contributed by atoms with van der Waals surface area (Å²) in [6.45, 7) is 5.36. The molecule has 0 aliphatic carbocycles. The lowest BCUT2D eigenvalue weighted by Crippen LogP contribution is -2.28. The number of halogens is 1. The summed E-state index contributed by atoms with van der Waals surface area (Å²) in [6, 6.07) is 7.42. The van der Waals surface area contributed by atoms with Crippen molar-refractivity contribution in [1.82, 2.24) is 10.2 Å². The summed E-state index contributed by atoms with van der Waals surface area (Å²) in [7, 11) is 2.00. The van der Waals surface area contributed by atoms with Gasteiger partial charge in [0.1, 0.15) is 5.82 Å². The zero-order chi connectivity index (χ0) is 13.0. The second-order valence-corrected chi connectivity index (χ2v) is 5.15. The Bertz CT molecular complexity index is 381. The Labute approximate surface area is 109 Å². The molecule has 1 heterocycles. The van der Waals surface area contributed by atoms with Crippen LogP contribution in [-0.2, 0) is 0 Å². The lowest BCUT2D eigenvalue weighted by molar-refractivity contribution is 0.225. The molecule has 0 aromatic heterocycles. The van der Waals surface area contributed by atoms with Crippen LogP contribution >= 0.6 is 0 Å². The summed E-state index contributed by atoms with van der Waals surface area (Å²) in [5, 5.41) is 3.24. The molecule has 2 unspecified atom stereocenters. The first-order chi connectivity index (χ1) is 8.76. The highest BCUT2D eigenvalue weighted by Gasteiger charge is 2.28. The van der Waals surface area contributed by atoms with Crippen molar-refractivity contribution in [3.8, 4) is 0 Å². The third-order valence-corrected chi connectivity index (χ3v) is 3.90. The van der Waals surface area contributed by atoms with E-state index in [-0.39, 0.29) is 11.9 Å². The molecule has 1 saturated heterocycles. The maximum Gasteiger partial charge on any atom is 0.127 e. The van der Waals surface area contributed by atoms with E-state index in [0.29, 0.717) is 5.92 Å². The van der Waals surface area contributed by atoms with Crippen LogP contribution in [0.1, 0.15) is 31.4 Å². The van der Waals surface area contributed by atoms with Crippen LogP contribution in [0.15, 0.2) is 24.3 Å². The SMILES string of the molecule is CCC(c1ccccc1F)N1CCC(CNC)C1. The van der Waals surface area contributed by atoms with Gasteiger partial charge in [0.15, 0.2) is 0 Å². The zero-order valence-corrected chi connectivity index (χ0v) is 11.3. The van der Waals surface area contributed by atoms with E-state index in [1.165, 1.54) is 6.42 Å². The molecule has 18 heavy (non-hydrogen) atoms. The van der Waals surface area contributed by atoms with Crippen molar-refractivity contribution in [1.29, 1.82) is 0 Å². The Morgan fingerprint density at radius 2 is 2.22 bits per heavy atom. The van der Waals surface area contributed by atoms with Crippen molar-refractivity contribution in [2.75, 3.05) is 26.7 Å². The summed E-state index contributed by atoms with van der Waals surface area (Å²) in [6.07, 6.45) is 2.18. The van der Waals surface area contributed by atoms with Crippen molar-refractivity contribution in [3.63, 3.8) is 0 Å². The van der Waals surface area contributed by atoms with E-state index in [9.17, 15) is 4.39 Å². The third-order valence-electron chi connectivity index (χ3n) is 3.90. The summed E-state index contributed by atoms with van der Waals surface area (Å²) in [5.41, 5.74) is 0.852. The maximum absolute atomic E-state index is 13.9. The molecule has 2 rings (SSSR count). The largest absolute Gasteiger partial charge is 0.319 e. The lowest BCUT2D eigenvalue weighted by atomic mass is 10.0. The fourth-order valence-corrected chi connectivity index (χ4v) is 3.02. The number of hydrogen-bond acceptors (Lipinski definition) is 2. The second kappa shape index (κ2) is 6.30. The Morgan fingerprint density at radius 1 is 1.44 bits per heavy atom. The molecule has 1 aliphatic heterocycles. The van der Waals surface area contributed by atoms with Gasteiger partial charge in [-0.05, 0) is 45.0 Å². The Kier molecular flexibility index (Phi) is 4.72. The van der Waals surface area contributed by atoms with Crippen molar-refractivity contribution in [3.05, 3.63) is 35.6 Å². The maximum atomic E-state index is 13.9. The Morgan fingerprint density at radius 3 is 2.89 bits per heavy atom. The van der Waals surface area contributed by atoms with Crippen LogP contribution in [0.5, 0.6) is 0 Å². The number of benzene rings is 1. The van der Waals surface area contributed by atoms with Gasteiger partial charge in [-0.2, -0.15) is 0 Å². The fourth-order valence-electron chi connectivity index (χ4n) is 3.02. The van der Waals surface area contributed by atoms with Gasteiger partial charge in [0, 0.05) is 18.2 Å². The van der Waals surface area contributed by atoms with Crippen LogP contribution in [0.2, 0.25) is 0 Å². The monoisotopic (exact) mass is 250 g/mol. The fraction of sp³-hybridized carbons (Fsp3) is 0.600. The van der Waals surface area contributed by atoms with Crippen LogP contribution in [0.25, 0.3) is 0 Å². The van der Waals surface area contributed by atoms with Gasteiger partial charge in [0.2, 0.25) is 0 Å². The standard InChI is InChI=1S/C15H23FN2/c1-3-15(13-6-4-5-7-14(13)16)18-9-8-12(11-18)10-17-2/h4-7,12,15,17H,3,8-11H2,1-2H3. The number of nitrogens with one attached hydrogen (secondary N) is 1. The minimum Gasteiger partial charge on any atom is -0.319 e. The Hall–Kier alpha value is -0.930. The lowest BCUT2D eigenvalue weighted by Gasteiger charge is -2.27. The molecule has 1 aromatic rings. The van der Waals surface area contributed by atoms with Gasteiger partial charge in [-0.25, -0.2) is 4.39 Å². The highest BCUT2D eigenvalue weighted by Crippen LogP contribution is 2.31. The van der Waals surface area contributed by atoms with E-state index in [1.54, 1.807) is 12.1 Å². The Balaban J connectivity index is 2.08. The third kappa shape index (κ3) is 2.90. The summed E-state index contributed by atoms with van der Waals surface area (Å²) in [5.74, 6) is 0.636. The number of rotatable bonds is 5. The summed E-state index contributed by atoms with van der Waals surface area (Å²) in [4.78, 5) is 2.43. The van der Waals surface area contributed by atoms with Crippen molar-refractivity contribution < 1.29 is 4.39 Å². The molecule has 1 aliphatic rings.